The topological polar surface area (TPSA) is 0 Å². The minimum atomic E-state index is 0.978. The Morgan fingerprint density at radius 3 is 2.50 bits per heavy atom. The monoisotopic (exact) mass is 101 g/mol. The predicted molar refractivity (Wildman–Crippen MR) is 32.9 cm³/mol. The summed E-state index contributed by atoms with van der Waals surface area (Å²) in [6, 6.07) is 0. The Hall–Kier alpha value is 0.0900. The molecule has 0 unspecified atom stereocenters. The van der Waals surface area contributed by atoms with Crippen LogP contribution in [0.15, 0.2) is 0 Å². The minimum absolute atomic E-state index is 0.978. The van der Waals surface area contributed by atoms with Crippen molar-refractivity contribution in [3.8, 4) is 0 Å². The molecule has 0 aliphatic carbocycles. The van der Waals surface area contributed by atoms with E-state index in [9.17, 15) is 0 Å². The third kappa shape index (κ3) is 4.09. The average molecular weight is 101 g/mol. The fraction of sp³-hybridized carbons (Fsp3) is 0.600. The molecule has 0 bridgehead atoms. The lowest BCUT2D eigenvalue weighted by Crippen LogP contribution is -1.69. The summed E-state index contributed by atoms with van der Waals surface area (Å²) >= 11 is 4.56. The first-order valence-electron chi connectivity index (χ1n) is 2.17. The van der Waals surface area contributed by atoms with Crippen LogP contribution >= 0.6 is 12.2 Å². The van der Waals surface area contributed by atoms with E-state index in [2.05, 4.69) is 25.6 Å². The van der Waals surface area contributed by atoms with Crippen LogP contribution in [-0.2, 0) is 0 Å². The number of hydrogen-bond donors (Lipinski definition) is 0. The molecule has 0 fully saturated rings. The second-order valence-electron chi connectivity index (χ2n) is 1.10. The van der Waals surface area contributed by atoms with Gasteiger partial charge in [0.05, 0.1) is 0 Å². The molecule has 0 aromatic heterocycles. The second kappa shape index (κ2) is 5.09. The van der Waals surface area contributed by atoms with Gasteiger partial charge in [-0.25, -0.2) is 0 Å². The number of unbranched alkanes of at least 4 members (excludes halogenated alkanes) is 2. The highest BCUT2D eigenvalue weighted by Gasteiger charge is 1.73. The number of hydrogen-bond acceptors (Lipinski definition) is 1. The third-order valence-corrected chi connectivity index (χ3v) is 0.744. The van der Waals surface area contributed by atoms with Gasteiger partial charge in [0, 0.05) is 0 Å². The Bertz CT molecular complexity index is 32.9. The van der Waals surface area contributed by atoms with Crippen molar-refractivity contribution < 1.29 is 0 Å². The van der Waals surface area contributed by atoms with Crippen LogP contribution in [0, 0.1) is 6.42 Å². The minimum Gasteiger partial charge on any atom is -0.0935 e. The molecule has 0 saturated carbocycles. The summed E-state index contributed by atoms with van der Waals surface area (Å²) in [6.45, 7) is 2.11. The Morgan fingerprint density at radius 1 is 1.67 bits per heavy atom. The van der Waals surface area contributed by atoms with E-state index >= 15 is 0 Å². The molecule has 0 spiro atoms. The van der Waals surface area contributed by atoms with Crippen LogP contribution < -0.4 is 0 Å². The number of thiocarbonyl (C=S) groups is 1. The third-order valence-electron chi connectivity index (χ3n) is 0.552. The van der Waals surface area contributed by atoms with E-state index < -0.39 is 0 Å². The first-order chi connectivity index (χ1) is 2.91. The lowest BCUT2D eigenvalue weighted by molar-refractivity contribution is 1.06. The molecule has 0 saturated heterocycles. The van der Waals surface area contributed by atoms with Crippen LogP contribution in [-0.4, -0.2) is 5.37 Å². The van der Waals surface area contributed by atoms with Crippen molar-refractivity contribution in [1.82, 2.24) is 0 Å². The fourth-order valence-corrected chi connectivity index (χ4v) is 0.371. The highest BCUT2D eigenvalue weighted by molar-refractivity contribution is 7.78. The van der Waals surface area contributed by atoms with Gasteiger partial charge in [-0.05, 0) is 18.2 Å². The zero-order valence-electron chi connectivity index (χ0n) is 3.98. The van der Waals surface area contributed by atoms with Gasteiger partial charge in [-0.15, -0.1) is 0 Å². The summed E-state index contributed by atoms with van der Waals surface area (Å²) in [5.74, 6) is 0. The van der Waals surface area contributed by atoms with Crippen molar-refractivity contribution in [1.29, 1.82) is 0 Å². The molecule has 35 valence electrons. The maximum absolute atomic E-state index is 4.56. The standard InChI is InChI=1S/C5H9S/c1-2-3-4-5-6/h3,5H,2,4H2,1H3. The van der Waals surface area contributed by atoms with Crippen molar-refractivity contribution >= 4 is 17.6 Å². The SMILES string of the molecule is CC[CH]CC=S. The van der Waals surface area contributed by atoms with Crippen LogP contribution in [0.2, 0.25) is 0 Å². The van der Waals surface area contributed by atoms with E-state index in [1.165, 1.54) is 0 Å². The smallest absolute Gasteiger partial charge is 0.0208 e. The molecule has 0 nitrogen and oxygen atoms in total. The maximum atomic E-state index is 4.56. The lowest BCUT2D eigenvalue weighted by atomic mass is 10.3. The van der Waals surface area contributed by atoms with E-state index in [4.69, 9.17) is 0 Å². The van der Waals surface area contributed by atoms with Crippen LogP contribution in [0.3, 0.4) is 0 Å². The molecular weight excluding hydrogens is 92.1 g/mol. The summed E-state index contributed by atoms with van der Waals surface area (Å²) < 4.78 is 0. The summed E-state index contributed by atoms with van der Waals surface area (Å²) in [6.07, 6.45) is 4.26. The zero-order valence-corrected chi connectivity index (χ0v) is 4.79. The van der Waals surface area contributed by atoms with Gasteiger partial charge in [-0.1, -0.05) is 25.6 Å². The summed E-state index contributed by atoms with van der Waals surface area (Å²) in [5, 5.41) is 1.74. The van der Waals surface area contributed by atoms with Crippen LogP contribution in [0.1, 0.15) is 19.8 Å². The van der Waals surface area contributed by atoms with E-state index in [0.29, 0.717) is 0 Å². The van der Waals surface area contributed by atoms with Gasteiger partial charge >= 0.3 is 0 Å². The van der Waals surface area contributed by atoms with Gasteiger partial charge in [0.2, 0.25) is 0 Å². The van der Waals surface area contributed by atoms with Crippen molar-refractivity contribution in [3.63, 3.8) is 0 Å². The van der Waals surface area contributed by atoms with Gasteiger partial charge in [0.1, 0.15) is 0 Å². The Kier molecular flexibility index (Phi) is 5.17. The van der Waals surface area contributed by atoms with Crippen molar-refractivity contribution in [3.05, 3.63) is 6.42 Å². The van der Waals surface area contributed by atoms with Crippen LogP contribution in [0.25, 0.3) is 0 Å². The lowest BCUT2D eigenvalue weighted by Gasteiger charge is -1.80. The van der Waals surface area contributed by atoms with Gasteiger partial charge in [0.25, 0.3) is 0 Å². The molecule has 0 N–H and O–H groups in total. The number of rotatable bonds is 3. The van der Waals surface area contributed by atoms with Gasteiger partial charge in [0.15, 0.2) is 0 Å². The second-order valence-corrected chi connectivity index (χ2v) is 1.43. The predicted octanol–water partition coefficient (Wildman–Crippen LogP) is 1.99. The summed E-state index contributed by atoms with van der Waals surface area (Å²) in [7, 11) is 0. The summed E-state index contributed by atoms with van der Waals surface area (Å²) in [4.78, 5) is 0. The van der Waals surface area contributed by atoms with Crippen molar-refractivity contribution in [2.45, 2.75) is 19.8 Å². The highest BCUT2D eigenvalue weighted by atomic mass is 32.1. The van der Waals surface area contributed by atoms with Crippen LogP contribution in [0.5, 0.6) is 0 Å². The van der Waals surface area contributed by atoms with Gasteiger partial charge in [-0.3, -0.25) is 0 Å². The van der Waals surface area contributed by atoms with Crippen molar-refractivity contribution in [2.75, 3.05) is 0 Å². The molecule has 6 heavy (non-hydrogen) atoms. The average Bonchev–Trinajstić information content (AvgIpc) is 1.61. The molecule has 0 atom stereocenters. The van der Waals surface area contributed by atoms with E-state index in [1.807, 2.05) is 0 Å². The van der Waals surface area contributed by atoms with Gasteiger partial charge in [-0.2, -0.15) is 0 Å². The first-order valence-corrected chi connectivity index (χ1v) is 2.64. The molecule has 0 aromatic carbocycles. The molecule has 0 heterocycles. The van der Waals surface area contributed by atoms with E-state index in [-0.39, 0.29) is 0 Å². The molecule has 0 amide bonds. The fourth-order valence-electron chi connectivity index (χ4n) is 0.235. The maximum Gasteiger partial charge on any atom is -0.0208 e. The Morgan fingerprint density at radius 2 is 2.33 bits per heavy atom. The largest absolute Gasteiger partial charge is 0.0935 e. The quantitative estimate of drug-likeness (QED) is 0.387. The van der Waals surface area contributed by atoms with Crippen LogP contribution in [0.4, 0.5) is 0 Å². The zero-order chi connectivity index (χ0) is 4.83. The molecule has 1 radical (unpaired) electrons. The molecule has 0 aliphatic heterocycles. The van der Waals surface area contributed by atoms with E-state index in [0.717, 1.165) is 12.8 Å². The normalized spacial score (nSPS) is 8.17. The first kappa shape index (κ1) is 6.09. The van der Waals surface area contributed by atoms with E-state index in [1.54, 1.807) is 5.37 Å². The summed E-state index contributed by atoms with van der Waals surface area (Å²) in [5.41, 5.74) is 0. The Labute approximate surface area is 44.6 Å². The Balaban J connectivity index is 2.49. The molecule has 0 aromatic rings. The van der Waals surface area contributed by atoms with Crippen molar-refractivity contribution in [2.24, 2.45) is 0 Å². The highest BCUT2D eigenvalue weighted by Crippen LogP contribution is 1.86. The molecule has 0 rings (SSSR count). The molecule has 0 aliphatic rings. The molecule has 1 heteroatoms. The molecular formula is C5H9S. The van der Waals surface area contributed by atoms with Gasteiger partial charge < -0.3 is 0 Å².